The lowest BCUT2D eigenvalue weighted by atomic mass is 10.2. The highest BCUT2D eigenvalue weighted by atomic mass is 35.5. The minimum absolute atomic E-state index is 0.723. The third kappa shape index (κ3) is 2.16. The maximum absolute atomic E-state index is 6.01. The van der Waals surface area contributed by atoms with Crippen molar-refractivity contribution in [1.82, 2.24) is 0 Å². The monoisotopic (exact) mass is 196 g/mol. The molecule has 0 amide bonds. The first-order valence-electron chi connectivity index (χ1n) is 4.65. The van der Waals surface area contributed by atoms with Gasteiger partial charge in [-0.05, 0) is 37.3 Å². The lowest BCUT2D eigenvalue weighted by Gasteiger charge is -2.09. The zero-order chi connectivity index (χ0) is 9.26. The van der Waals surface area contributed by atoms with Gasteiger partial charge in [-0.25, -0.2) is 0 Å². The molecule has 70 valence electrons. The summed E-state index contributed by atoms with van der Waals surface area (Å²) in [5.74, 6) is 1.63. The highest BCUT2D eigenvalue weighted by Gasteiger charge is 2.22. The molecule has 1 nitrogen and oxygen atoms in total. The Labute approximate surface area is 83.7 Å². The second-order valence-electron chi connectivity index (χ2n) is 3.64. The summed E-state index contributed by atoms with van der Waals surface area (Å²) in [6.45, 7) is 2.85. The normalized spacial score (nSPS) is 15.8. The lowest BCUT2D eigenvalue weighted by Crippen LogP contribution is -2.00. The maximum atomic E-state index is 6.01. The molecule has 1 aromatic carbocycles. The Morgan fingerprint density at radius 1 is 1.46 bits per heavy atom. The molecule has 0 heterocycles. The summed E-state index contributed by atoms with van der Waals surface area (Å²) in [7, 11) is 0. The highest BCUT2D eigenvalue weighted by molar-refractivity contribution is 6.32. The first kappa shape index (κ1) is 8.89. The number of benzene rings is 1. The Morgan fingerprint density at radius 3 is 2.85 bits per heavy atom. The van der Waals surface area contributed by atoms with E-state index in [-0.39, 0.29) is 0 Å². The zero-order valence-corrected chi connectivity index (χ0v) is 8.47. The Kier molecular flexibility index (Phi) is 2.45. The molecule has 0 N–H and O–H groups in total. The van der Waals surface area contributed by atoms with Gasteiger partial charge in [0.05, 0.1) is 11.6 Å². The van der Waals surface area contributed by atoms with Crippen molar-refractivity contribution in [3.05, 3.63) is 28.8 Å². The van der Waals surface area contributed by atoms with Crippen LogP contribution in [0.25, 0.3) is 0 Å². The molecular formula is C11H13ClO. The maximum Gasteiger partial charge on any atom is 0.140 e. The highest BCUT2D eigenvalue weighted by Crippen LogP contribution is 2.33. The van der Waals surface area contributed by atoms with Crippen LogP contribution in [0, 0.1) is 12.8 Å². The van der Waals surface area contributed by atoms with E-state index < -0.39 is 0 Å². The summed E-state index contributed by atoms with van der Waals surface area (Å²) in [6, 6.07) is 5.84. The van der Waals surface area contributed by atoms with Gasteiger partial charge in [-0.2, -0.15) is 0 Å². The van der Waals surface area contributed by atoms with E-state index in [0.717, 1.165) is 28.9 Å². The molecule has 1 saturated carbocycles. The van der Waals surface area contributed by atoms with Crippen molar-refractivity contribution in [3.8, 4) is 5.75 Å². The van der Waals surface area contributed by atoms with E-state index in [1.165, 1.54) is 12.8 Å². The molecular weight excluding hydrogens is 184 g/mol. The Balaban J connectivity index is 2.07. The second-order valence-corrected chi connectivity index (χ2v) is 4.05. The number of ether oxygens (including phenoxy) is 1. The largest absolute Gasteiger partial charge is 0.491 e. The smallest absolute Gasteiger partial charge is 0.140 e. The van der Waals surface area contributed by atoms with Gasteiger partial charge in [0.25, 0.3) is 0 Å². The molecule has 1 aliphatic carbocycles. The van der Waals surface area contributed by atoms with Crippen molar-refractivity contribution in [1.29, 1.82) is 0 Å². The predicted molar refractivity (Wildman–Crippen MR) is 54.4 cm³/mol. The first-order chi connectivity index (χ1) is 6.27. The molecule has 1 aliphatic rings. The average Bonchev–Trinajstić information content (AvgIpc) is 2.87. The lowest BCUT2D eigenvalue weighted by molar-refractivity contribution is 0.298. The van der Waals surface area contributed by atoms with Crippen LogP contribution in [0.2, 0.25) is 5.02 Å². The molecule has 0 aliphatic heterocycles. The van der Waals surface area contributed by atoms with Crippen LogP contribution in [0.4, 0.5) is 0 Å². The van der Waals surface area contributed by atoms with Gasteiger partial charge in [0.2, 0.25) is 0 Å². The molecule has 0 atom stereocenters. The summed E-state index contributed by atoms with van der Waals surface area (Å²) in [5, 5.41) is 0.723. The third-order valence-corrected chi connectivity index (χ3v) is 2.62. The Hall–Kier alpha value is -0.690. The minimum Gasteiger partial charge on any atom is -0.491 e. The van der Waals surface area contributed by atoms with E-state index in [9.17, 15) is 0 Å². The van der Waals surface area contributed by atoms with E-state index in [0.29, 0.717) is 0 Å². The molecule has 0 aromatic heterocycles. The van der Waals surface area contributed by atoms with Gasteiger partial charge in [-0.3, -0.25) is 0 Å². The SMILES string of the molecule is Cc1cccc(Cl)c1OCC1CC1. The molecule has 13 heavy (non-hydrogen) atoms. The van der Waals surface area contributed by atoms with E-state index in [4.69, 9.17) is 16.3 Å². The number of aryl methyl sites for hydroxylation is 1. The number of para-hydroxylation sites is 1. The quantitative estimate of drug-likeness (QED) is 0.720. The van der Waals surface area contributed by atoms with E-state index >= 15 is 0 Å². The van der Waals surface area contributed by atoms with Gasteiger partial charge < -0.3 is 4.74 Å². The summed E-state index contributed by atoms with van der Waals surface area (Å²) in [5.41, 5.74) is 1.12. The van der Waals surface area contributed by atoms with Crippen LogP contribution in [0.1, 0.15) is 18.4 Å². The van der Waals surface area contributed by atoms with Crippen LogP contribution in [-0.2, 0) is 0 Å². The van der Waals surface area contributed by atoms with E-state index in [1.807, 2.05) is 25.1 Å². The van der Waals surface area contributed by atoms with Crippen molar-refractivity contribution in [2.45, 2.75) is 19.8 Å². The predicted octanol–water partition coefficient (Wildman–Crippen LogP) is 3.44. The molecule has 0 bridgehead atoms. The molecule has 0 saturated heterocycles. The van der Waals surface area contributed by atoms with E-state index in [1.54, 1.807) is 0 Å². The average molecular weight is 197 g/mol. The van der Waals surface area contributed by atoms with Crippen LogP contribution in [0.15, 0.2) is 18.2 Å². The van der Waals surface area contributed by atoms with Crippen molar-refractivity contribution < 1.29 is 4.74 Å². The topological polar surface area (TPSA) is 9.23 Å². The molecule has 1 fully saturated rings. The standard InChI is InChI=1S/C11H13ClO/c1-8-3-2-4-10(12)11(8)13-7-9-5-6-9/h2-4,9H,5-7H2,1H3. The van der Waals surface area contributed by atoms with Crippen LogP contribution in [-0.4, -0.2) is 6.61 Å². The van der Waals surface area contributed by atoms with Gasteiger partial charge >= 0.3 is 0 Å². The zero-order valence-electron chi connectivity index (χ0n) is 7.72. The van der Waals surface area contributed by atoms with Gasteiger partial charge in [-0.1, -0.05) is 23.7 Å². The summed E-state index contributed by atoms with van der Waals surface area (Å²) < 4.78 is 5.66. The summed E-state index contributed by atoms with van der Waals surface area (Å²) in [4.78, 5) is 0. The fraction of sp³-hybridized carbons (Fsp3) is 0.455. The number of hydrogen-bond donors (Lipinski definition) is 0. The Morgan fingerprint density at radius 2 is 2.23 bits per heavy atom. The van der Waals surface area contributed by atoms with Crippen LogP contribution >= 0.6 is 11.6 Å². The second kappa shape index (κ2) is 3.59. The van der Waals surface area contributed by atoms with Crippen molar-refractivity contribution >= 4 is 11.6 Å². The number of rotatable bonds is 3. The first-order valence-corrected chi connectivity index (χ1v) is 5.03. The molecule has 0 unspecified atom stereocenters. The third-order valence-electron chi connectivity index (χ3n) is 2.32. The van der Waals surface area contributed by atoms with Crippen LogP contribution in [0.5, 0.6) is 5.75 Å². The fourth-order valence-corrected chi connectivity index (χ4v) is 1.56. The van der Waals surface area contributed by atoms with Crippen molar-refractivity contribution in [2.24, 2.45) is 5.92 Å². The minimum atomic E-state index is 0.723. The van der Waals surface area contributed by atoms with Crippen molar-refractivity contribution in [3.63, 3.8) is 0 Å². The van der Waals surface area contributed by atoms with Gasteiger partial charge in [0, 0.05) is 0 Å². The molecule has 2 rings (SSSR count). The van der Waals surface area contributed by atoms with Crippen LogP contribution < -0.4 is 4.74 Å². The van der Waals surface area contributed by atoms with Gasteiger partial charge in [0.15, 0.2) is 0 Å². The molecule has 1 aromatic rings. The number of hydrogen-bond acceptors (Lipinski definition) is 1. The molecule has 2 heteroatoms. The van der Waals surface area contributed by atoms with Crippen molar-refractivity contribution in [2.75, 3.05) is 6.61 Å². The Bertz CT molecular complexity index is 285. The summed E-state index contributed by atoms with van der Waals surface area (Å²) >= 11 is 6.01. The van der Waals surface area contributed by atoms with E-state index in [2.05, 4.69) is 0 Å². The van der Waals surface area contributed by atoms with Gasteiger partial charge in [-0.15, -0.1) is 0 Å². The molecule has 0 spiro atoms. The molecule has 0 radical (unpaired) electrons. The number of halogens is 1. The summed E-state index contributed by atoms with van der Waals surface area (Å²) in [6.07, 6.45) is 2.62. The fourth-order valence-electron chi connectivity index (χ4n) is 1.29. The van der Waals surface area contributed by atoms with Crippen LogP contribution in [0.3, 0.4) is 0 Å². The van der Waals surface area contributed by atoms with Gasteiger partial charge in [0.1, 0.15) is 5.75 Å².